The van der Waals surface area contributed by atoms with Crippen molar-refractivity contribution in [2.75, 3.05) is 18.8 Å². The molecule has 4 nitrogen and oxygen atoms in total. The third-order valence-corrected chi connectivity index (χ3v) is 3.75. The van der Waals surface area contributed by atoms with Gasteiger partial charge in [-0.15, -0.1) is 11.8 Å². The zero-order valence-electron chi connectivity index (χ0n) is 9.91. The van der Waals surface area contributed by atoms with Crippen LogP contribution in [0.3, 0.4) is 0 Å². The number of nitriles is 1. The van der Waals surface area contributed by atoms with Gasteiger partial charge in [0, 0.05) is 18.8 Å². The normalized spacial score (nSPS) is 19.1. The van der Waals surface area contributed by atoms with Crippen molar-refractivity contribution in [3.8, 4) is 6.07 Å². The number of ether oxygens (including phenoxy) is 1. The van der Waals surface area contributed by atoms with Gasteiger partial charge >= 0.3 is 6.09 Å². The second kappa shape index (κ2) is 6.31. The minimum atomic E-state index is -0.334. The SMILES string of the molecule is N#CC1CN(C(=O)OCc2ccccc2)CCS1. The maximum Gasteiger partial charge on any atom is 0.410 e. The zero-order valence-corrected chi connectivity index (χ0v) is 10.7. The van der Waals surface area contributed by atoms with Crippen LogP contribution in [0.25, 0.3) is 0 Å². The van der Waals surface area contributed by atoms with Gasteiger partial charge in [0.15, 0.2) is 0 Å². The monoisotopic (exact) mass is 262 g/mol. The first-order valence-electron chi connectivity index (χ1n) is 5.76. The lowest BCUT2D eigenvalue weighted by molar-refractivity contribution is 0.0985. The molecule has 0 bridgehead atoms. The van der Waals surface area contributed by atoms with Gasteiger partial charge in [0.2, 0.25) is 0 Å². The maximum absolute atomic E-state index is 11.8. The summed E-state index contributed by atoms with van der Waals surface area (Å²) in [5.41, 5.74) is 0.967. The number of hydrogen-bond acceptors (Lipinski definition) is 4. The van der Waals surface area contributed by atoms with E-state index in [1.807, 2.05) is 30.3 Å². The minimum absolute atomic E-state index is 0.136. The van der Waals surface area contributed by atoms with Crippen LogP contribution in [0.2, 0.25) is 0 Å². The number of hydrogen-bond donors (Lipinski definition) is 0. The van der Waals surface area contributed by atoms with Crippen molar-refractivity contribution in [2.45, 2.75) is 11.9 Å². The van der Waals surface area contributed by atoms with Gasteiger partial charge < -0.3 is 9.64 Å². The molecule has 0 saturated carbocycles. The summed E-state index contributed by atoms with van der Waals surface area (Å²) in [5.74, 6) is 0.790. The van der Waals surface area contributed by atoms with Gasteiger partial charge in [-0.05, 0) is 5.56 Å². The van der Waals surface area contributed by atoms with Crippen molar-refractivity contribution < 1.29 is 9.53 Å². The van der Waals surface area contributed by atoms with Gasteiger partial charge in [0.25, 0.3) is 0 Å². The molecular formula is C13H14N2O2S. The molecule has 5 heteroatoms. The number of rotatable bonds is 2. The third kappa shape index (κ3) is 3.41. The van der Waals surface area contributed by atoms with Crippen LogP contribution < -0.4 is 0 Å². The molecule has 1 unspecified atom stereocenters. The molecule has 0 N–H and O–H groups in total. The smallest absolute Gasteiger partial charge is 0.410 e. The van der Waals surface area contributed by atoms with E-state index >= 15 is 0 Å². The standard InChI is InChI=1S/C13H14N2O2S/c14-8-12-9-15(6-7-18-12)13(16)17-10-11-4-2-1-3-5-11/h1-5,12H,6-7,9-10H2. The molecule has 18 heavy (non-hydrogen) atoms. The van der Waals surface area contributed by atoms with E-state index in [1.54, 1.807) is 16.7 Å². The lowest BCUT2D eigenvalue weighted by atomic mass is 10.2. The Labute approximate surface area is 111 Å². The average molecular weight is 262 g/mol. The van der Waals surface area contributed by atoms with Gasteiger partial charge in [0.1, 0.15) is 11.9 Å². The van der Waals surface area contributed by atoms with E-state index < -0.39 is 0 Å². The topological polar surface area (TPSA) is 53.3 Å². The molecule has 1 aliphatic rings. The summed E-state index contributed by atoms with van der Waals surface area (Å²) < 4.78 is 5.23. The van der Waals surface area contributed by atoms with Gasteiger partial charge in [-0.1, -0.05) is 30.3 Å². The molecule has 1 amide bonds. The molecule has 1 saturated heterocycles. The van der Waals surface area contributed by atoms with Crippen molar-refractivity contribution in [1.82, 2.24) is 4.90 Å². The highest BCUT2D eigenvalue weighted by atomic mass is 32.2. The number of thioether (sulfide) groups is 1. The van der Waals surface area contributed by atoms with Crippen molar-refractivity contribution in [2.24, 2.45) is 0 Å². The van der Waals surface area contributed by atoms with E-state index in [-0.39, 0.29) is 18.0 Å². The predicted octanol–water partition coefficient (Wildman–Crippen LogP) is 2.26. The van der Waals surface area contributed by atoms with Crippen LogP contribution >= 0.6 is 11.8 Å². The second-order valence-corrected chi connectivity index (χ2v) is 5.29. The number of nitrogens with zero attached hydrogens (tertiary/aromatic N) is 2. The van der Waals surface area contributed by atoms with Crippen LogP contribution in [-0.2, 0) is 11.3 Å². The van der Waals surface area contributed by atoms with Crippen LogP contribution in [0.1, 0.15) is 5.56 Å². The van der Waals surface area contributed by atoms with E-state index in [2.05, 4.69) is 6.07 Å². The molecule has 1 aromatic carbocycles. The van der Waals surface area contributed by atoms with Crippen molar-refractivity contribution in [3.05, 3.63) is 35.9 Å². The largest absolute Gasteiger partial charge is 0.445 e. The highest BCUT2D eigenvalue weighted by molar-refractivity contribution is 8.00. The first-order valence-corrected chi connectivity index (χ1v) is 6.81. The lowest BCUT2D eigenvalue weighted by Gasteiger charge is -2.28. The summed E-state index contributed by atoms with van der Waals surface area (Å²) in [6.07, 6.45) is -0.334. The minimum Gasteiger partial charge on any atom is -0.445 e. The van der Waals surface area contributed by atoms with Gasteiger partial charge in [0.05, 0.1) is 6.07 Å². The number of carbonyl (C=O) groups excluding carboxylic acids is 1. The number of amides is 1. The lowest BCUT2D eigenvalue weighted by Crippen LogP contribution is -2.41. The van der Waals surface area contributed by atoms with Crippen molar-refractivity contribution in [1.29, 1.82) is 5.26 Å². The highest BCUT2D eigenvalue weighted by Gasteiger charge is 2.24. The van der Waals surface area contributed by atoms with Crippen molar-refractivity contribution >= 4 is 17.9 Å². The Kier molecular flexibility index (Phi) is 4.48. The quantitative estimate of drug-likeness (QED) is 0.820. The first kappa shape index (κ1) is 12.8. The molecule has 2 rings (SSSR count). The van der Waals surface area contributed by atoms with Crippen LogP contribution in [0.5, 0.6) is 0 Å². The molecule has 1 atom stereocenters. The summed E-state index contributed by atoms with van der Waals surface area (Å²) in [6, 6.07) is 11.7. The van der Waals surface area contributed by atoms with Crippen LogP contribution in [0.15, 0.2) is 30.3 Å². The molecule has 1 aromatic rings. The molecule has 0 radical (unpaired) electrons. The predicted molar refractivity (Wildman–Crippen MR) is 70.1 cm³/mol. The van der Waals surface area contributed by atoms with Crippen LogP contribution in [0, 0.1) is 11.3 Å². The molecule has 1 fully saturated rings. The Hall–Kier alpha value is -1.67. The Morgan fingerprint density at radius 2 is 2.28 bits per heavy atom. The highest BCUT2D eigenvalue weighted by Crippen LogP contribution is 2.18. The Morgan fingerprint density at radius 1 is 1.50 bits per heavy atom. The van der Waals surface area contributed by atoms with Crippen LogP contribution in [-0.4, -0.2) is 35.1 Å². The fourth-order valence-corrected chi connectivity index (χ4v) is 2.67. The molecular weight excluding hydrogens is 248 g/mol. The van der Waals surface area contributed by atoms with Crippen LogP contribution in [0.4, 0.5) is 4.79 Å². The van der Waals surface area contributed by atoms with E-state index in [9.17, 15) is 4.79 Å². The Bertz CT molecular complexity index is 444. The van der Waals surface area contributed by atoms with E-state index in [1.165, 1.54) is 0 Å². The summed E-state index contributed by atoms with van der Waals surface area (Å²) >= 11 is 1.59. The van der Waals surface area contributed by atoms with Crippen molar-refractivity contribution in [3.63, 3.8) is 0 Å². The number of carbonyl (C=O) groups is 1. The molecule has 1 aliphatic heterocycles. The molecule has 0 aromatic heterocycles. The third-order valence-electron chi connectivity index (χ3n) is 2.67. The fraction of sp³-hybridized carbons (Fsp3) is 0.385. The second-order valence-electron chi connectivity index (χ2n) is 3.97. The summed E-state index contributed by atoms with van der Waals surface area (Å²) in [7, 11) is 0. The summed E-state index contributed by atoms with van der Waals surface area (Å²) in [5, 5.41) is 8.71. The van der Waals surface area contributed by atoms with E-state index in [4.69, 9.17) is 10.00 Å². The first-order chi connectivity index (χ1) is 8.79. The summed E-state index contributed by atoms with van der Waals surface area (Å²) in [6.45, 7) is 1.38. The molecule has 0 spiro atoms. The fourth-order valence-electron chi connectivity index (χ4n) is 1.70. The molecule has 1 heterocycles. The Morgan fingerprint density at radius 3 is 3.00 bits per heavy atom. The average Bonchev–Trinajstić information content (AvgIpc) is 2.46. The molecule has 0 aliphatic carbocycles. The maximum atomic E-state index is 11.8. The zero-order chi connectivity index (χ0) is 12.8. The van der Waals surface area contributed by atoms with E-state index in [0.717, 1.165) is 11.3 Å². The molecule has 94 valence electrons. The Balaban J connectivity index is 1.83. The van der Waals surface area contributed by atoms with Gasteiger partial charge in [-0.2, -0.15) is 5.26 Å². The summed E-state index contributed by atoms with van der Waals surface area (Å²) in [4.78, 5) is 13.4. The number of benzene rings is 1. The van der Waals surface area contributed by atoms with E-state index in [0.29, 0.717) is 13.1 Å². The van der Waals surface area contributed by atoms with Gasteiger partial charge in [-0.3, -0.25) is 0 Å². The van der Waals surface area contributed by atoms with Gasteiger partial charge in [-0.25, -0.2) is 4.79 Å².